The van der Waals surface area contributed by atoms with E-state index in [0.717, 1.165) is 12.8 Å². The van der Waals surface area contributed by atoms with Gasteiger partial charge in [-0.1, -0.05) is 26.7 Å². The van der Waals surface area contributed by atoms with E-state index in [1.807, 2.05) is 13.8 Å². The molecule has 0 rings (SSSR count). The zero-order valence-corrected chi connectivity index (χ0v) is 9.76. The Bertz CT molecular complexity index is 237. The van der Waals surface area contributed by atoms with E-state index in [2.05, 4.69) is 9.44 Å². The van der Waals surface area contributed by atoms with Crippen molar-refractivity contribution < 1.29 is 13.5 Å². The van der Waals surface area contributed by atoms with Gasteiger partial charge >= 0.3 is 0 Å². The summed E-state index contributed by atoms with van der Waals surface area (Å²) in [4.78, 5) is 0. The number of hydrogen-bond donors (Lipinski definition) is 3. The average Bonchev–Trinajstić information content (AvgIpc) is 2.17. The van der Waals surface area contributed by atoms with Crippen molar-refractivity contribution in [2.75, 3.05) is 13.6 Å². The highest BCUT2D eigenvalue weighted by molar-refractivity contribution is 7.87. The molecule has 0 aliphatic heterocycles. The molecule has 0 spiro atoms. The maximum Gasteiger partial charge on any atom is 0.276 e. The highest BCUT2D eigenvalue weighted by Gasteiger charge is 2.17. The van der Waals surface area contributed by atoms with Crippen LogP contribution in [0.2, 0.25) is 0 Å². The Morgan fingerprint density at radius 3 is 2.14 bits per heavy atom. The second-order valence-electron chi connectivity index (χ2n) is 3.20. The van der Waals surface area contributed by atoms with Crippen molar-refractivity contribution in [2.24, 2.45) is 5.92 Å². The minimum Gasteiger partial charge on any atom is -0.391 e. The fraction of sp³-hybridized carbons (Fsp3) is 1.00. The van der Waals surface area contributed by atoms with Crippen LogP contribution in [-0.2, 0) is 10.2 Å². The lowest BCUT2D eigenvalue weighted by Gasteiger charge is -2.19. The van der Waals surface area contributed by atoms with Crippen LogP contribution in [0.5, 0.6) is 0 Å². The molecule has 0 amide bonds. The molecule has 86 valence electrons. The summed E-state index contributed by atoms with van der Waals surface area (Å²) in [6.07, 6.45) is 1.07. The molecule has 0 bridgehead atoms. The van der Waals surface area contributed by atoms with E-state index in [9.17, 15) is 13.5 Å². The van der Waals surface area contributed by atoms with Gasteiger partial charge in [0.1, 0.15) is 0 Å². The van der Waals surface area contributed by atoms with Gasteiger partial charge in [-0.3, -0.25) is 0 Å². The summed E-state index contributed by atoms with van der Waals surface area (Å²) in [6, 6.07) is 0. The zero-order valence-electron chi connectivity index (χ0n) is 8.95. The minimum atomic E-state index is -3.42. The number of aliphatic hydroxyl groups is 1. The fourth-order valence-corrected chi connectivity index (χ4v) is 1.80. The molecule has 0 fully saturated rings. The van der Waals surface area contributed by atoms with Crippen LogP contribution in [0.15, 0.2) is 0 Å². The summed E-state index contributed by atoms with van der Waals surface area (Å²) < 4.78 is 26.3. The van der Waals surface area contributed by atoms with E-state index in [1.54, 1.807) is 0 Å². The Balaban J connectivity index is 4.01. The Morgan fingerprint density at radius 2 is 1.79 bits per heavy atom. The highest BCUT2D eigenvalue weighted by atomic mass is 32.2. The lowest BCUT2D eigenvalue weighted by molar-refractivity contribution is 0.107. The molecular weight excluding hydrogens is 204 g/mol. The lowest BCUT2D eigenvalue weighted by atomic mass is 9.97. The van der Waals surface area contributed by atoms with Gasteiger partial charge in [0.05, 0.1) is 6.10 Å². The molecule has 0 aromatic carbocycles. The van der Waals surface area contributed by atoms with Crippen molar-refractivity contribution in [1.82, 2.24) is 9.44 Å². The smallest absolute Gasteiger partial charge is 0.276 e. The molecule has 0 aliphatic carbocycles. The molecule has 1 atom stereocenters. The van der Waals surface area contributed by atoms with Gasteiger partial charge in [-0.15, -0.1) is 0 Å². The topological polar surface area (TPSA) is 78.4 Å². The van der Waals surface area contributed by atoms with Crippen LogP contribution >= 0.6 is 0 Å². The predicted octanol–water partition coefficient (Wildman–Crippen LogP) is -0.163. The van der Waals surface area contributed by atoms with Crippen LogP contribution in [0.25, 0.3) is 0 Å². The number of aliphatic hydroxyl groups excluding tert-OH is 1. The number of hydrogen-bond acceptors (Lipinski definition) is 3. The van der Waals surface area contributed by atoms with E-state index in [0.29, 0.717) is 0 Å². The Kier molecular flexibility index (Phi) is 6.26. The zero-order chi connectivity index (χ0) is 11.2. The second-order valence-corrected chi connectivity index (χ2v) is 4.90. The normalized spacial score (nSPS) is 14.6. The number of nitrogens with one attached hydrogen (secondary N) is 2. The predicted molar refractivity (Wildman–Crippen MR) is 56.1 cm³/mol. The van der Waals surface area contributed by atoms with Crippen LogP contribution in [-0.4, -0.2) is 33.2 Å². The van der Waals surface area contributed by atoms with Crippen molar-refractivity contribution >= 4 is 10.2 Å². The first-order chi connectivity index (χ1) is 6.46. The van der Waals surface area contributed by atoms with Crippen LogP contribution in [0.1, 0.15) is 26.7 Å². The fourth-order valence-electron chi connectivity index (χ4n) is 1.27. The third-order valence-electron chi connectivity index (χ3n) is 2.34. The molecule has 0 saturated heterocycles. The van der Waals surface area contributed by atoms with Gasteiger partial charge in [0.2, 0.25) is 0 Å². The third kappa shape index (κ3) is 4.90. The van der Waals surface area contributed by atoms with E-state index < -0.39 is 16.3 Å². The molecule has 14 heavy (non-hydrogen) atoms. The maximum absolute atomic E-state index is 11.0. The van der Waals surface area contributed by atoms with Crippen LogP contribution in [0, 0.1) is 5.92 Å². The number of rotatable bonds is 7. The van der Waals surface area contributed by atoms with Gasteiger partial charge in [-0.25, -0.2) is 4.72 Å². The summed E-state index contributed by atoms with van der Waals surface area (Å²) in [5, 5.41) is 9.61. The van der Waals surface area contributed by atoms with Gasteiger partial charge in [0, 0.05) is 13.6 Å². The molecular formula is C8H20N2O3S. The average molecular weight is 224 g/mol. The van der Waals surface area contributed by atoms with E-state index in [4.69, 9.17) is 0 Å². The lowest BCUT2D eigenvalue weighted by Crippen LogP contribution is -2.40. The van der Waals surface area contributed by atoms with E-state index >= 15 is 0 Å². The third-order valence-corrected chi connectivity index (χ3v) is 3.43. The monoisotopic (exact) mass is 224 g/mol. The SMILES string of the molecule is CCC(CC)C(O)CNS(=O)(=O)NC. The van der Waals surface area contributed by atoms with Crippen LogP contribution in [0.4, 0.5) is 0 Å². The molecule has 0 aromatic heterocycles. The minimum absolute atomic E-state index is 0.0650. The highest BCUT2D eigenvalue weighted by Crippen LogP contribution is 2.12. The van der Waals surface area contributed by atoms with Gasteiger partial charge < -0.3 is 5.11 Å². The molecule has 5 nitrogen and oxygen atoms in total. The van der Waals surface area contributed by atoms with Crippen LogP contribution in [0.3, 0.4) is 0 Å². The molecule has 0 heterocycles. The summed E-state index contributed by atoms with van der Waals surface area (Å²) in [7, 11) is -2.10. The van der Waals surface area contributed by atoms with E-state index in [-0.39, 0.29) is 12.5 Å². The Labute approximate surface area is 86.1 Å². The molecule has 0 saturated carbocycles. The standard InChI is InChI=1S/C8H20N2O3S/c1-4-7(5-2)8(11)6-10-14(12,13)9-3/h7-11H,4-6H2,1-3H3. The Morgan fingerprint density at radius 1 is 1.29 bits per heavy atom. The van der Waals surface area contributed by atoms with Gasteiger partial charge in [-0.2, -0.15) is 13.1 Å². The van der Waals surface area contributed by atoms with Crippen molar-refractivity contribution in [3.05, 3.63) is 0 Å². The van der Waals surface area contributed by atoms with Crippen molar-refractivity contribution in [3.8, 4) is 0 Å². The van der Waals surface area contributed by atoms with Crippen molar-refractivity contribution in [1.29, 1.82) is 0 Å². The Hall–Kier alpha value is -0.170. The molecule has 0 aromatic rings. The summed E-state index contributed by atoms with van der Waals surface area (Å²) >= 11 is 0. The van der Waals surface area contributed by atoms with Gasteiger partial charge in [0.15, 0.2) is 0 Å². The van der Waals surface area contributed by atoms with Gasteiger partial charge in [-0.05, 0) is 5.92 Å². The second kappa shape index (κ2) is 6.34. The first kappa shape index (κ1) is 13.8. The summed E-state index contributed by atoms with van der Waals surface area (Å²) in [6.45, 7) is 4.02. The molecule has 3 N–H and O–H groups in total. The molecule has 6 heteroatoms. The molecule has 0 radical (unpaired) electrons. The van der Waals surface area contributed by atoms with Gasteiger partial charge in [0.25, 0.3) is 10.2 Å². The quantitative estimate of drug-likeness (QED) is 0.562. The summed E-state index contributed by atoms with van der Waals surface area (Å²) in [5.41, 5.74) is 0. The maximum atomic E-state index is 11.0. The van der Waals surface area contributed by atoms with Crippen LogP contribution < -0.4 is 9.44 Å². The summed E-state index contributed by atoms with van der Waals surface area (Å²) in [5.74, 6) is 0.148. The van der Waals surface area contributed by atoms with Crippen molar-refractivity contribution in [3.63, 3.8) is 0 Å². The molecule has 0 aliphatic rings. The van der Waals surface area contributed by atoms with E-state index in [1.165, 1.54) is 7.05 Å². The first-order valence-electron chi connectivity index (χ1n) is 4.83. The first-order valence-corrected chi connectivity index (χ1v) is 6.31. The largest absolute Gasteiger partial charge is 0.391 e. The van der Waals surface area contributed by atoms with Crippen molar-refractivity contribution in [2.45, 2.75) is 32.8 Å². The molecule has 1 unspecified atom stereocenters.